The maximum absolute atomic E-state index is 11.1. The average molecular weight is 318 g/mol. The fourth-order valence-corrected chi connectivity index (χ4v) is 0.801. The second kappa shape index (κ2) is 10.9. The summed E-state index contributed by atoms with van der Waals surface area (Å²) in [6, 6.07) is 0. The molecule has 0 bridgehead atoms. The minimum absolute atomic E-state index is 0.0238. The van der Waals surface area contributed by atoms with Gasteiger partial charge in [0, 0.05) is 26.1 Å². The van der Waals surface area contributed by atoms with Gasteiger partial charge in [-0.05, 0) is 0 Å². The Morgan fingerprint density at radius 1 is 1.10 bits per heavy atom. The predicted molar refractivity (Wildman–Crippen MR) is 64.9 cm³/mol. The molecule has 0 saturated carbocycles. The lowest BCUT2D eigenvalue weighted by molar-refractivity contribution is -0.165. The highest BCUT2D eigenvalue weighted by atomic mass is 31.2. The summed E-state index contributed by atoms with van der Waals surface area (Å²) in [6.07, 6.45) is -2.73. The van der Waals surface area contributed by atoms with Crippen LogP contribution in [0.5, 0.6) is 0 Å². The summed E-state index contributed by atoms with van der Waals surface area (Å²) in [5, 5.41) is 35.2. The zero-order valence-corrected chi connectivity index (χ0v) is 11.4. The third-order valence-corrected chi connectivity index (χ3v) is 1.69. The van der Waals surface area contributed by atoms with Crippen LogP contribution in [0, 0.1) is 0 Å². The number of rotatable bonds is 7. The third kappa shape index (κ3) is 15.2. The molecule has 120 valence electrons. The van der Waals surface area contributed by atoms with Gasteiger partial charge in [-0.2, -0.15) is 0 Å². The first-order chi connectivity index (χ1) is 9.02. The summed E-state index contributed by atoms with van der Waals surface area (Å²) in [7, 11) is -4.64. The van der Waals surface area contributed by atoms with Gasteiger partial charge in [-0.15, -0.1) is 0 Å². The highest BCUT2D eigenvalue weighted by molar-refractivity contribution is 7.45. The molecule has 0 saturated heterocycles. The summed E-state index contributed by atoms with van der Waals surface area (Å²) in [5.74, 6) is -0.947. The molecule has 0 rings (SSSR count). The van der Waals surface area contributed by atoms with Gasteiger partial charge in [-0.1, -0.05) is 6.58 Å². The van der Waals surface area contributed by atoms with E-state index in [0.29, 0.717) is 0 Å². The van der Waals surface area contributed by atoms with Crippen LogP contribution in [0.4, 0.5) is 0 Å². The van der Waals surface area contributed by atoms with Crippen LogP contribution in [-0.4, -0.2) is 66.7 Å². The van der Waals surface area contributed by atoms with Gasteiger partial charge in [-0.3, -0.25) is 0 Å². The second-order valence-electron chi connectivity index (χ2n) is 3.44. The normalized spacial score (nSPS) is 13.8. The lowest BCUT2D eigenvalue weighted by atomic mass is 10.1. The van der Waals surface area contributed by atoms with Crippen molar-refractivity contribution in [2.24, 2.45) is 0 Å². The van der Waals surface area contributed by atoms with Gasteiger partial charge < -0.3 is 39.8 Å². The van der Waals surface area contributed by atoms with E-state index in [4.69, 9.17) is 34.6 Å². The van der Waals surface area contributed by atoms with Crippen molar-refractivity contribution < 1.29 is 49.2 Å². The molecule has 0 aliphatic heterocycles. The van der Waals surface area contributed by atoms with Gasteiger partial charge in [0.25, 0.3) is 0 Å². The molecule has 0 aliphatic carbocycles. The molecule has 0 aliphatic rings. The summed E-state index contributed by atoms with van der Waals surface area (Å²) in [6.45, 7) is 2.67. The first-order valence-electron chi connectivity index (χ1n) is 5.28. The number of hydrogen-bond donors (Lipinski definition) is 7. The number of ether oxygens (including phenoxy) is 1. The summed E-state index contributed by atoms with van der Waals surface area (Å²) in [4.78, 5) is 32.7. The maximum Gasteiger partial charge on any atom is 0.466 e. The summed E-state index contributed by atoms with van der Waals surface area (Å²) in [5.41, 5.74) is -0.235. The molecule has 0 fully saturated rings. The Kier molecular flexibility index (Phi) is 11.7. The maximum atomic E-state index is 11.1. The molecule has 10 nitrogen and oxygen atoms in total. The van der Waals surface area contributed by atoms with E-state index in [2.05, 4.69) is 11.3 Å². The SMILES string of the molecule is C=C(C(=O)OC(O)CCO)C(O)CCO.O=P(O)(O)O. The average Bonchev–Trinajstić information content (AvgIpc) is 2.26. The molecule has 0 aromatic heterocycles. The summed E-state index contributed by atoms with van der Waals surface area (Å²) < 4.78 is 13.3. The molecule has 11 heteroatoms. The number of aliphatic hydroxyl groups excluding tert-OH is 4. The van der Waals surface area contributed by atoms with Crippen LogP contribution in [0.3, 0.4) is 0 Å². The largest absolute Gasteiger partial charge is 0.466 e. The van der Waals surface area contributed by atoms with Crippen molar-refractivity contribution in [2.75, 3.05) is 13.2 Å². The highest BCUT2D eigenvalue weighted by Crippen LogP contribution is 2.25. The monoisotopic (exact) mass is 318 g/mol. The molecule has 2 unspecified atom stereocenters. The number of esters is 1. The first kappa shape index (κ1) is 21.5. The Balaban J connectivity index is 0. The van der Waals surface area contributed by atoms with Crippen LogP contribution in [0.25, 0.3) is 0 Å². The van der Waals surface area contributed by atoms with E-state index in [1.807, 2.05) is 0 Å². The Morgan fingerprint density at radius 3 is 1.85 bits per heavy atom. The molecule has 7 N–H and O–H groups in total. The minimum Gasteiger partial charge on any atom is -0.432 e. The standard InChI is InChI=1S/C9H16O6.H3O4P/c1-6(7(12)2-4-10)9(14)15-8(13)3-5-11;1-5(2,3)4/h7-8,10-13H,1-5H2;(H3,1,2,3,4). The Hall–Kier alpha value is -0.840. The minimum atomic E-state index is -4.64. The molecule has 0 aromatic carbocycles. The van der Waals surface area contributed by atoms with E-state index in [1.165, 1.54) is 0 Å². The fraction of sp³-hybridized carbons (Fsp3) is 0.667. The van der Waals surface area contributed by atoms with E-state index in [0.717, 1.165) is 0 Å². The number of hydrogen-bond acceptors (Lipinski definition) is 7. The third-order valence-electron chi connectivity index (χ3n) is 1.69. The van der Waals surface area contributed by atoms with Crippen LogP contribution in [0.15, 0.2) is 12.2 Å². The van der Waals surface area contributed by atoms with Crippen molar-refractivity contribution in [2.45, 2.75) is 25.2 Å². The number of carbonyl (C=O) groups is 1. The lowest BCUT2D eigenvalue weighted by Crippen LogP contribution is -2.25. The van der Waals surface area contributed by atoms with E-state index in [-0.39, 0.29) is 31.6 Å². The van der Waals surface area contributed by atoms with Crippen molar-refractivity contribution in [3.8, 4) is 0 Å². The van der Waals surface area contributed by atoms with Gasteiger partial charge in [0.15, 0.2) is 0 Å². The quantitative estimate of drug-likeness (QED) is 0.115. The first-order valence-corrected chi connectivity index (χ1v) is 6.85. The van der Waals surface area contributed by atoms with E-state index in [9.17, 15) is 9.90 Å². The van der Waals surface area contributed by atoms with Crippen LogP contribution >= 0.6 is 7.82 Å². The summed E-state index contributed by atoms with van der Waals surface area (Å²) >= 11 is 0. The zero-order chi connectivity index (χ0) is 16.3. The van der Waals surface area contributed by atoms with E-state index >= 15 is 0 Å². The van der Waals surface area contributed by atoms with Crippen molar-refractivity contribution >= 4 is 13.8 Å². The zero-order valence-electron chi connectivity index (χ0n) is 10.5. The second-order valence-corrected chi connectivity index (χ2v) is 4.47. The van der Waals surface area contributed by atoms with Gasteiger partial charge in [-0.25, -0.2) is 9.36 Å². The molecule has 0 radical (unpaired) electrons. The van der Waals surface area contributed by atoms with E-state index in [1.54, 1.807) is 0 Å². The molecule has 0 heterocycles. The van der Waals surface area contributed by atoms with Crippen LogP contribution in [0.2, 0.25) is 0 Å². The van der Waals surface area contributed by atoms with Crippen molar-refractivity contribution in [3.05, 3.63) is 12.2 Å². The molecular weight excluding hydrogens is 299 g/mol. The van der Waals surface area contributed by atoms with Crippen molar-refractivity contribution in [3.63, 3.8) is 0 Å². The Labute approximate surface area is 114 Å². The van der Waals surface area contributed by atoms with Gasteiger partial charge in [0.05, 0.1) is 11.7 Å². The number of carbonyl (C=O) groups excluding carboxylic acids is 1. The fourth-order valence-electron chi connectivity index (χ4n) is 0.801. The van der Waals surface area contributed by atoms with Crippen LogP contribution in [-0.2, 0) is 14.1 Å². The highest BCUT2D eigenvalue weighted by Gasteiger charge is 2.19. The van der Waals surface area contributed by atoms with E-state index < -0.39 is 26.2 Å². The lowest BCUT2D eigenvalue weighted by Gasteiger charge is -2.14. The Bertz CT molecular complexity index is 329. The Morgan fingerprint density at radius 2 is 1.50 bits per heavy atom. The molecule has 0 spiro atoms. The van der Waals surface area contributed by atoms with Gasteiger partial charge in [0.2, 0.25) is 6.29 Å². The molecule has 0 amide bonds. The smallest absolute Gasteiger partial charge is 0.432 e. The number of phosphoric acid groups is 1. The topological polar surface area (TPSA) is 185 Å². The molecule has 0 aromatic rings. The molecule has 20 heavy (non-hydrogen) atoms. The van der Waals surface area contributed by atoms with Crippen molar-refractivity contribution in [1.82, 2.24) is 0 Å². The van der Waals surface area contributed by atoms with Crippen LogP contribution < -0.4 is 0 Å². The van der Waals surface area contributed by atoms with Crippen molar-refractivity contribution in [1.29, 1.82) is 0 Å². The van der Waals surface area contributed by atoms with Crippen LogP contribution in [0.1, 0.15) is 12.8 Å². The molecule has 2 atom stereocenters. The van der Waals surface area contributed by atoms with Gasteiger partial charge >= 0.3 is 13.8 Å². The van der Waals surface area contributed by atoms with Gasteiger partial charge in [0.1, 0.15) is 0 Å². The number of aliphatic hydroxyl groups is 4. The predicted octanol–water partition coefficient (Wildman–Crippen LogP) is -2.40. The molecular formula is C9H19O10P.